The Morgan fingerprint density at radius 1 is 1.29 bits per heavy atom. The van der Waals surface area contributed by atoms with Gasteiger partial charge in [0.25, 0.3) is 0 Å². The van der Waals surface area contributed by atoms with E-state index in [0.717, 1.165) is 5.56 Å². The van der Waals surface area contributed by atoms with E-state index in [1.54, 1.807) is 11.8 Å². The van der Waals surface area contributed by atoms with Crippen LogP contribution in [0.5, 0.6) is 0 Å². The van der Waals surface area contributed by atoms with E-state index in [1.165, 1.54) is 4.90 Å². The number of rotatable bonds is 4. The molecule has 1 aromatic rings. The summed E-state index contributed by atoms with van der Waals surface area (Å²) in [4.78, 5) is 1.17. The Morgan fingerprint density at radius 3 is 2.41 bits per heavy atom. The summed E-state index contributed by atoms with van der Waals surface area (Å²) in [5.74, 6) is 0. The minimum atomic E-state index is -0.475. The molecule has 0 unspecified atom stereocenters. The van der Waals surface area contributed by atoms with Gasteiger partial charge < -0.3 is 10.8 Å². The maximum atomic E-state index is 9.87. The molecule has 0 bridgehead atoms. The third-order valence-corrected chi connectivity index (χ3v) is 3.73. The summed E-state index contributed by atoms with van der Waals surface area (Å²) >= 11 is 1.79. The molecule has 1 rings (SSSR count). The van der Waals surface area contributed by atoms with Crippen LogP contribution in [0, 0.1) is 0 Å². The van der Waals surface area contributed by atoms with Crippen LogP contribution in [0.3, 0.4) is 0 Å². The van der Waals surface area contributed by atoms with Gasteiger partial charge in [-0.05, 0) is 18.1 Å². The molecular formula is C14H23NOS. The van der Waals surface area contributed by atoms with Crippen molar-refractivity contribution in [3.05, 3.63) is 29.8 Å². The van der Waals surface area contributed by atoms with E-state index in [0.29, 0.717) is 6.42 Å². The van der Waals surface area contributed by atoms with Gasteiger partial charge in [-0.1, -0.05) is 45.9 Å². The highest BCUT2D eigenvalue weighted by Crippen LogP contribution is 2.36. The van der Waals surface area contributed by atoms with Crippen molar-refractivity contribution in [1.82, 2.24) is 0 Å². The molecule has 0 radical (unpaired) electrons. The fourth-order valence-corrected chi connectivity index (χ4v) is 2.77. The third kappa shape index (κ3) is 4.34. The van der Waals surface area contributed by atoms with E-state index in [-0.39, 0.29) is 10.8 Å². The van der Waals surface area contributed by atoms with Crippen LogP contribution in [0.15, 0.2) is 29.2 Å². The zero-order valence-corrected chi connectivity index (χ0v) is 11.9. The van der Waals surface area contributed by atoms with Crippen molar-refractivity contribution in [2.45, 2.75) is 55.9 Å². The number of aliphatic hydroxyl groups is 1. The summed E-state index contributed by atoms with van der Waals surface area (Å²) in [6, 6.07) is 7.78. The van der Waals surface area contributed by atoms with Crippen LogP contribution in [0.2, 0.25) is 0 Å². The van der Waals surface area contributed by atoms with Gasteiger partial charge in [0.2, 0.25) is 0 Å². The predicted molar refractivity (Wildman–Crippen MR) is 75.3 cm³/mol. The molecule has 0 spiro atoms. The average molecular weight is 253 g/mol. The minimum Gasteiger partial charge on any atom is -0.391 e. The van der Waals surface area contributed by atoms with Crippen molar-refractivity contribution in [2.75, 3.05) is 0 Å². The Kier molecular flexibility index (Phi) is 5.04. The lowest BCUT2D eigenvalue weighted by molar-refractivity contribution is 0.140. The first kappa shape index (κ1) is 14.6. The third-order valence-electron chi connectivity index (χ3n) is 2.53. The average Bonchev–Trinajstić information content (AvgIpc) is 2.25. The molecule has 0 aromatic heterocycles. The molecule has 0 amide bonds. The van der Waals surface area contributed by atoms with Crippen LogP contribution in [-0.4, -0.2) is 16.0 Å². The Hall–Kier alpha value is -0.510. The lowest BCUT2D eigenvalue weighted by Gasteiger charge is -2.24. The highest BCUT2D eigenvalue weighted by atomic mass is 32.2. The van der Waals surface area contributed by atoms with Crippen LogP contribution in [0.4, 0.5) is 0 Å². The molecule has 0 heterocycles. The van der Waals surface area contributed by atoms with Crippen molar-refractivity contribution in [3.8, 4) is 0 Å². The molecule has 0 aliphatic carbocycles. The zero-order valence-electron chi connectivity index (χ0n) is 11.1. The van der Waals surface area contributed by atoms with Gasteiger partial charge in [0.15, 0.2) is 0 Å². The quantitative estimate of drug-likeness (QED) is 0.809. The topological polar surface area (TPSA) is 46.2 Å². The van der Waals surface area contributed by atoms with Crippen LogP contribution in [0.1, 0.15) is 45.7 Å². The first-order valence-electron chi connectivity index (χ1n) is 6.06. The molecule has 0 saturated carbocycles. The van der Waals surface area contributed by atoms with Crippen molar-refractivity contribution < 1.29 is 5.11 Å². The van der Waals surface area contributed by atoms with Gasteiger partial charge >= 0.3 is 0 Å². The van der Waals surface area contributed by atoms with Crippen molar-refractivity contribution in [3.63, 3.8) is 0 Å². The standard InChI is InChI=1S/C14H23NOS/c1-5-11(16)13(15)10-8-6-7-9-12(10)17-14(2,3)4/h6-9,11,13,16H,5,15H2,1-4H3/t11-,13+/m0/s1. The summed E-state index contributed by atoms with van der Waals surface area (Å²) in [6.07, 6.45) is 0.201. The monoisotopic (exact) mass is 253 g/mol. The summed E-state index contributed by atoms with van der Waals surface area (Å²) in [6.45, 7) is 8.48. The summed E-state index contributed by atoms with van der Waals surface area (Å²) in [5, 5.41) is 9.87. The lowest BCUT2D eigenvalue weighted by Crippen LogP contribution is -2.26. The van der Waals surface area contributed by atoms with E-state index in [9.17, 15) is 5.11 Å². The molecule has 2 atom stereocenters. The van der Waals surface area contributed by atoms with Crippen molar-refractivity contribution in [1.29, 1.82) is 0 Å². The zero-order chi connectivity index (χ0) is 13.1. The predicted octanol–water partition coefficient (Wildman–Crippen LogP) is 3.35. The molecule has 0 saturated heterocycles. The summed E-state index contributed by atoms with van der Waals surface area (Å²) in [7, 11) is 0. The molecule has 2 nitrogen and oxygen atoms in total. The smallest absolute Gasteiger partial charge is 0.0730 e. The molecule has 17 heavy (non-hydrogen) atoms. The first-order valence-corrected chi connectivity index (χ1v) is 6.88. The molecule has 0 fully saturated rings. The second-order valence-corrected chi connectivity index (χ2v) is 7.12. The van der Waals surface area contributed by atoms with Crippen LogP contribution in [0.25, 0.3) is 0 Å². The van der Waals surface area contributed by atoms with Gasteiger partial charge in [-0.2, -0.15) is 0 Å². The number of benzene rings is 1. The van der Waals surface area contributed by atoms with E-state index in [1.807, 2.05) is 25.1 Å². The summed E-state index contributed by atoms with van der Waals surface area (Å²) < 4.78 is 0.146. The van der Waals surface area contributed by atoms with Gasteiger partial charge in [0.05, 0.1) is 12.1 Å². The van der Waals surface area contributed by atoms with Gasteiger partial charge in [0.1, 0.15) is 0 Å². The van der Waals surface area contributed by atoms with E-state index in [2.05, 4.69) is 26.8 Å². The fourth-order valence-electron chi connectivity index (χ4n) is 1.64. The number of nitrogens with two attached hydrogens (primary N) is 1. The van der Waals surface area contributed by atoms with Gasteiger partial charge in [-0.25, -0.2) is 0 Å². The van der Waals surface area contributed by atoms with E-state index in [4.69, 9.17) is 5.73 Å². The van der Waals surface area contributed by atoms with Gasteiger partial charge in [-0.3, -0.25) is 0 Å². The van der Waals surface area contributed by atoms with Gasteiger partial charge in [-0.15, -0.1) is 11.8 Å². The van der Waals surface area contributed by atoms with Gasteiger partial charge in [0, 0.05) is 9.64 Å². The number of aliphatic hydroxyl groups excluding tert-OH is 1. The Balaban J connectivity index is 2.99. The largest absolute Gasteiger partial charge is 0.391 e. The van der Waals surface area contributed by atoms with E-state index >= 15 is 0 Å². The SMILES string of the molecule is CC[C@H](O)[C@H](N)c1ccccc1SC(C)(C)C. The second kappa shape index (κ2) is 5.89. The van der Waals surface area contributed by atoms with Crippen molar-refractivity contribution >= 4 is 11.8 Å². The number of hydrogen-bond acceptors (Lipinski definition) is 3. The fraction of sp³-hybridized carbons (Fsp3) is 0.571. The van der Waals surface area contributed by atoms with Crippen LogP contribution < -0.4 is 5.73 Å². The molecule has 3 heteroatoms. The molecule has 1 aromatic carbocycles. The van der Waals surface area contributed by atoms with Crippen LogP contribution >= 0.6 is 11.8 Å². The highest BCUT2D eigenvalue weighted by molar-refractivity contribution is 8.00. The number of hydrogen-bond donors (Lipinski definition) is 2. The highest BCUT2D eigenvalue weighted by Gasteiger charge is 2.21. The Morgan fingerprint density at radius 2 is 1.88 bits per heavy atom. The summed E-state index contributed by atoms with van der Waals surface area (Å²) in [5.41, 5.74) is 7.15. The molecule has 3 N–H and O–H groups in total. The first-order chi connectivity index (χ1) is 7.85. The molecular weight excluding hydrogens is 230 g/mol. The van der Waals surface area contributed by atoms with Crippen LogP contribution in [-0.2, 0) is 0 Å². The van der Waals surface area contributed by atoms with Crippen molar-refractivity contribution in [2.24, 2.45) is 5.73 Å². The molecule has 0 aliphatic heterocycles. The molecule has 96 valence electrons. The number of thioether (sulfide) groups is 1. The lowest BCUT2D eigenvalue weighted by atomic mass is 10.0. The maximum Gasteiger partial charge on any atom is 0.0730 e. The van der Waals surface area contributed by atoms with E-state index < -0.39 is 6.10 Å². The normalized spacial score (nSPS) is 15.6. The maximum absolute atomic E-state index is 9.87. The Bertz CT molecular complexity index is 359. The second-order valence-electron chi connectivity index (χ2n) is 5.25. The molecule has 0 aliphatic rings. The Labute approximate surface area is 109 Å². The minimum absolute atomic E-state index is 0.146.